The van der Waals surface area contributed by atoms with Crippen LogP contribution in [0.25, 0.3) is 28.1 Å². The van der Waals surface area contributed by atoms with Gasteiger partial charge in [-0.05, 0) is 24.3 Å². The third-order valence-corrected chi connectivity index (χ3v) is 5.62. The molecule has 1 heterocycles. The van der Waals surface area contributed by atoms with Crippen LogP contribution in [0.2, 0.25) is 0 Å². The van der Waals surface area contributed by atoms with Gasteiger partial charge in [0.25, 0.3) is 0 Å². The summed E-state index contributed by atoms with van der Waals surface area (Å²) in [6.45, 7) is 0. The third kappa shape index (κ3) is 2.99. The number of nitrogens with zero attached hydrogens (tertiary/aromatic N) is 2. The topological polar surface area (TPSA) is 17.8 Å². The summed E-state index contributed by atoms with van der Waals surface area (Å²) in [4.78, 5) is 4.19. The first-order valence-electron chi connectivity index (χ1n) is 9.52. The number of hydrogen-bond donors (Lipinski definition) is 0. The van der Waals surface area contributed by atoms with E-state index in [1.165, 1.54) is 10.6 Å². The van der Waals surface area contributed by atoms with Crippen LogP contribution in [0.4, 0.5) is 35.1 Å². The zero-order chi connectivity index (χ0) is 23.8. The van der Waals surface area contributed by atoms with E-state index in [2.05, 4.69) is 11.1 Å². The fourth-order valence-corrected chi connectivity index (χ4v) is 3.93. The van der Waals surface area contributed by atoms with Crippen LogP contribution in [0, 0.1) is 6.07 Å². The van der Waals surface area contributed by atoms with Gasteiger partial charge in [0.2, 0.25) is 0 Å². The Morgan fingerprint density at radius 2 is 1.26 bits per heavy atom. The fraction of sp³-hybridized carbons (Fsp3) is 0.174. The van der Waals surface area contributed by atoms with Crippen LogP contribution >= 0.6 is 0 Å². The number of para-hydroxylation sites is 1. The largest absolute Gasteiger partial charge is 0.382 e. The minimum Gasteiger partial charge on any atom is -0.333 e. The molecule has 11 heteroatoms. The fourth-order valence-electron chi connectivity index (χ4n) is 3.93. The van der Waals surface area contributed by atoms with Gasteiger partial charge in [-0.2, -0.15) is 35.1 Å². The van der Waals surface area contributed by atoms with E-state index in [1.54, 1.807) is 48.5 Å². The zero-order valence-electron chi connectivity index (χ0n) is 16.6. The predicted molar refractivity (Wildman–Crippen MR) is 103 cm³/mol. The molecule has 0 spiro atoms. The molecule has 0 unspecified atom stereocenters. The van der Waals surface area contributed by atoms with Gasteiger partial charge in [0, 0.05) is 36.9 Å². The van der Waals surface area contributed by atoms with Gasteiger partial charge in [-0.15, -0.1) is 35.9 Å². The number of fused-ring (bicyclic) bond motifs is 2. The summed E-state index contributed by atoms with van der Waals surface area (Å²) in [5, 5.41) is 0. The molecule has 0 N–H and O–H groups in total. The van der Waals surface area contributed by atoms with Crippen LogP contribution in [0.5, 0.6) is 0 Å². The second-order valence-electron chi connectivity index (χ2n) is 7.57. The van der Waals surface area contributed by atoms with Gasteiger partial charge in [-0.1, -0.05) is 18.2 Å². The number of hydrogen-bond acceptors (Lipinski definition) is 1. The van der Waals surface area contributed by atoms with E-state index in [9.17, 15) is 35.1 Å². The molecule has 2 nitrogen and oxygen atoms in total. The minimum atomic E-state index is -6.32. The summed E-state index contributed by atoms with van der Waals surface area (Å²) in [6.07, 6.45) is 0. The summed E-state index contributed by atoms with van der Waals surface area (Å²) >= 11 is 0. The van der Waals surface area contributed by atoms with E-state index in [4.69, 9.17) is 0 Å². The van der Waals surface area contributed by atoms with Crippen molar-refractivity contribution < 1.29 is 55.2 Å². The molecule has 0 fully saturated rings. The Morgan fingerprint density at radius 3 is 1.82 bits per heavy atom. The maximum atomic E-state index is 14.6. The average Bonchev–Trinajstić information content (AvgIpc) is 3.17. The first-order chi connectivity index (χ1) is 15.4. The molecule has 4 aromatic rings. The monoisotopic (exact) mass is 660 g/mol. The van der Waals surface area contributed by atoms with Crippen molar-refractivity contribution in [3.8, 4) is 17.1 Å². The van der Waals surface area contributed by atoms with Gasteiger partial charge in [-0.3, -0.25) is 4.98 Å². The molecule has 0 bridgehead atoms. The predicted octanol–water partition coefficient (Wildman–Crippen LogP) is 6.96. The maximum Gasteiger partial charge on any atom is 0.382 e. The molecule has 34 heavy (non-hydrogen) atoms. The Labute approximate surface area is 200 Å². The van der Waals surface area contributed by atoms with Crippen molar-refractivity contribution in [2.24, 2.45) is 0 Å². The van der Waals surface area contributed by atoms with E-state index in [-0.39, 0.29) is 37.0 Å². The second-order valence-corrected chi connectivity index (χ2v) is 7.57. The maximum absolute atomic E-state index is 14.6. The van der Waals surface area contributed by atoms with E-state index in [0.29, 0.717) is 23.4 Å². The van der Waals surface area contributed by atoms with Crippen LogP contribution in [0.15, 0.2) is 66.7 Å². The zero-order valence-corrected chi connectivity index (χ0v) is 19.0. The van der Waals surface area contributed by atoms with E-state index >= 15 is 0 Å². The quantitative estimate of drug-likeness (QED) is 0.168. The van der Waals surface area contributed by atoms with Crippen molar-refractivity contribution in [3.63, 3.8) is 0 Å². The summed E-state index contributed by atoms with van der Waals surface area (Å²) < 4.78 is 115. The summed E-state index contributed by atoms with van der Waals surface area (Å²) in [7, 11) is 0. The number of halogens is 8. The Kier molecular flexibility index (Phi) is 5.45. The molecule has 0 amide bonds. The molecule has 0 saturated heterocycles. The first kappa shape index (κ1) is 24.3. The third-order valence-electron chi connectivity index (χ3n) is 5.62. The molecule has 5 rings (SSSR count). The molecule has 0 aliphatic heterocycles. The van der Waals surface area contributed by atoms with Crippen molar-refractivity contribution in [1.29, 1.82) is 0 Å². The van der Waals surface area contributed by atoms with E-state index in [0.717, 1.165) is 0 Å². The van der Waals surface area contributed by atoms with Gasteiger partial charge in [0.15, 0.2) is 0 Å². The summed E-state index contributed by atoms with van der Waals surface area (Å²) in [5.41, 5.74) is -3.65. The van der Waals surface area contributed by atoms with Crippen LogP contribution in [0.1, 0.15) is 11.1 Å². The molecule has 1 aromatic heterocycles. The van der Waals surface area contributed by atoms with Crippen molar-refractivity contribution >= 4 is 11.0 Å². The molecule has 179 valence electrons. The van der Waals surface area contributed by atoms with Crippen LogP contribution < -0.4 is 0 Å². The molecule has 1 radical (unpaired) electrons. The Morgan fingerprint density at radius 1 is 0.706 bits per heavy atom. The molecule has 1 aliphatic carbocycles. The number of alkyl halides is 8. The Bertz CT molecular complexity index is 1370. The Balaban J connectivity index is 0.00000274. The number of aromatic nitrogens is 2. The number of benzene rings is 3. The van der Waals surface area contributed by atoms with E-state index < -0.39 is 34.8 Å². The normalized spacial score (nSPS) is 19.3. The van der Waals surface area contributed by atoms with Crippen molar-refractivity contribution in [3.05, 3.63) is 83.9 Å². The molecular formula is C23H11F8IrN2-. The molecule has 0 atom stereocenters. The van der Waals surface area contributed by atoms with Crippen molar-refractivity contribution in [1.82, 2.24) is 9.55 Å². The standard InChI is InChI=1S/C23H11F8N2.Ir/c24-20(25)15-11-17-18(12-16(15)21(26,27)23(30,31)22(20,28)29)33(14-9-5-2-6-10-14)19(32-17)13-7-3-1-4-8-13;/h1-7,9-12H;/q-1;. The average molecular weight is 660 g/mol. The molecule has 3 aromatic carbocycles. The molecule has 0 saturated carbocycles. The minimum absolute atomic E-state index is 0. The van der Waals surface area contributed by atoms with Gasteiger partial charge < -0.3 is 4.57 Å². The van der Waals surface area contributed by atoms with Crippen molar-refractivity contribution in [2.75, 3.05) is 0 Å². The van der Waals surface area contributed by atoms with Gasteiger partial charge in [-0.25, -0.2) is 0 Å². The van der Waals surface area contributed by atoms with Crippen LogP contribution in [-0.2, 0) is 32.0 Å². The smallest absolute Gasteiger partial charge is 0.333 e. The van der Waals surface area contributed by atoms with Gasteiger partial charge in [0.05, 0.1) is 16.9 Å². The summed E-state index contributed by atoms with van der Waals surface area (Å²) in [6, 6.07) is 17.9. The van der Waals surface area contributed by atoms with Crippen molar-refractivity contribution in [2.45, 2.75) is 23.7 Å². The number of imidazole rings is 1. The van der Waals surface area contributed by atoms with Gasteiger partial charge >= 0.3 is 23.7 Å². The molecular weight excluding hydrogens is 648 g/mol. The first-order valence-corrected chi connectivity index (χ1v) is 9.52. The van der Waals surface area contributed by atoms with Crippen LogP contribution in [0.3, 0.4) is 0 Å². The Hall–Kier alpha value is -2.78. The summed E-state index contributed by atoms with van der Waals surface area (Å²) in [5.74, 6) is -23.7. The number of rotatable bonds is 2. The van der Waals surface area contributed by atoms with Gasteiger partial charge in [0.1, 0.15) is 0 Å². The van der Waals surface area contributed by atoms with Crippen LogP contribution in [-0.4, -0.2) is 21.4 Å². The molecule has 1 aliphatic rings. The second kappa shape index (κ2) is 7.61. The van der Waals surface area contributed by atoms with E-state index in [1.807, 2.05) is 0 Å². The SMILES string of the molecule is FC1(F)c2cc3nc(-c4[c-]cccc4)n(-c4ccccc4)c3cc2C(F)(F)C(F)(F)C1(F)F.[Ir].